The van der Waals surface area contributed by atoms with Gasteiger partial charge < -0.3 is 10.6 Å². The van der Waals surface area contributed by atoms with Crippen LogP contribution in [-0.2, 0) is 12.7 Å². The highest BCUT2D eigenvalue weighted by molar-refractivity contribution is 9.10. The lowest BCUT2D eigenvalue weighted by molar-refractivity contribution is -0.145. The summed E-state index contributed by atoms with van der Waals surface area (Å²) in [5, 5.41) is 19.8. The molecule has 39 heavy (non-hydrogen) atoms. The van der Waals surface area contributed by atoms with Crippen LogP contribution in [0.4, 0.5) is 18.9 Å². The minimum absolute atomic E-state index is 0.0219. The lowest BCUT2D eigenvalue weighted by Crippen LogP contribution is -2.25. The highest BCUT2D eigenvalue weighted by atomic mass is 79.9. The minimum atomic E-state index is -4.76. The van der Waals surface area contributed by atoms with Crippen molar-refractivity contribution in [1.29, 1.82) is 0 Å². The number of halogens is 5. The number of hydrogen-bond acceptors (Lipinski definition) is 6. The number of carbonyl (C=O) groups excluding carboxylic acids is 2. The predicted molar refractivity (Wildman–Crippen MR) is 140 cm³/mol. The zero-order chi connectivity index (χ0) is 28.5. The van der Waals surface area contributed by atoms with E-state index in [4.69, 9.17) is 11.6 Å². The molecule has 2 aromatic carbocycles. The third-order valence-corrected chi connectivity index (χ3v) is 6.08. The average Bonchev–Trinajstić information content (AvgIpc) is 3.48. The summed E-state index contributed by atoms with van der Waals surface area (Å²) in [6, 6.07) is 11.3. The molecule has 0 aliphatic rings. The molecule has 0 aliphatic heterocycles. The first-order valence-corrected chi connectivity index (χ1v) is 12.3. The number of nitrogens with zero attached hydrogens (tertiary/aromatic N) is 6. The number of tetrazole rings is 1. The lowest BCUT2D eigenvalue weighted by Gasteiger charge is -2.15. The van der Waals surface area contributed by atoms with Crippen LogP contribution in [0.3, 0.4) is 0 Å². The van der Waals surface area contributed by atoms with E-state index in [2.05, 4.69) is 53.7 Å². The molecule has 0 bridgehead atoms. The Bertz CT molecular complexity index is 1600. The molecule has 2 aromatic heterocycles. The Kier molecular flexibility index (Phi) is 7.88. The Morgan fingerprint density at radius 1 is 1.13 bits per heavy atom. The number of aromatic nitrogens is 6. The first kappa shape index (κ1) is 28.0. The zero-order valence-electron chi connectivity index (χ0n) is 20.3. The van der Waals surface area contributed by atoms with Crippen LogP contribution in [0.25, 0.3) is 5.69 Å². The van der Waals surface area contributed by atoms with Gasteiger partial charge in [-0.05, 0) is 70.9 Å². The first-order chi connectivity index (χ1) is 18.3. The molecule has 0 atom stereocenters. The number of aryl methyl sites for hydroxylation is 1. The van der Waals surface area contributed by atoms with Gasteiger partial charge in [0.05, 0.1) is 22.6 Å². The summed E-state index contributed by atoms with van der Waals surface area (Å²) in [6.45, 7) is 6.64. The molecule has 0 radical (unpaired) electrons. The van der Waals surface area contributed by atoms with Crippen LogP contribution in [0.2, 0.25) is 5.02 Å². The number of anilines is 1. The Hall–Kier alpha value is -4.04. The van der Waals surface area contributed by atoms with E-state index in [0.29, 0.717) is 21.4 Å². The zero-order valence-corrected chi connectivity index (χ0v) is 22.7. The smallest absolute Gasteiger partial charge is 0.327 e. The fourth-order valence-electron chi connectivity index (χ4n) is 3.57. The summed E-state index contributed by atoms with van der Waals surface area (Å²) in [5.74, 6) is -2.58. The number of para-hydroxylation sites is 1. The number of hydrogen-bond donors (Lipinski definition) is 2. The third-order valence-electron chi connectivity index (χ3n) is 5.19. The van der Waals surface area contributed by atoms with Crippen LogP contribution in [0, 0.1) is 6.92 Å². The molecule has 0 fully saturated rings. The van der Waals surface area contributed by atoms with Gasteiger partial charge in [0.15, 0.2) is 0 Å². The van der Waals surface area contributed by atoms with Gasteiger partial charge in [0.1, 0.15) is 12.2 Å². The average molecular weight is 624 g/mol. The van der Waals surface area contributed by atoms with Crippen LogP contribution >= 0.6 is 27.5 Å². The molecule has 0 saturated heterocycles. The molecule has 0 unspecified atom stereocenters. The molecular weight excluding hydrogens is 605 g/mol. The number of allylic oxidation sites excluding steroid dienone is 1. The minimum Gasteiger partial charge on any atom is -0.327 e. The second-order valence-electron chi connectivity index (χ2n) is 8.36. The first-order valence-electron chi connectivity index (χ1n) is 11.1. The molecule has 2 heterocycles. The lowest BCUT2D eigenvalue weighted by atomic mass is 10.1. The Labute approximate surface area is 233 Å². The Morgan fingerprint density at radius 3 is 2.49 bits per heavy atom. The van der Waals surface area contributed by atoms with Gasteiger partial charge >= 0.3 is 6.18 Å². The van der Waals surface area contributed by atoms with E-state index in [1.54, 1.807) is 44.2 Å². The molecular formula is C24H19BrClF3N8O2. The number of benzene rings is 2. The number of amides is 2. The van der Waals surface area contributed by atoms with Gasteiger partial charge in [-0.3, -0.25) is 9.59 Å². The maximum Gasteiger partial charge on any atom is 0.455 e. The highest BCUT2D eigenvalue weighted by Gasteiger charge is 2.37. The van der Waals surface area contributed by atoms with Gasteiger partial charge in [0, 0.05) is 15.2 Å². The fraction of sp³-hybridized carbons (Fsp3) is 0.167. The van der Waals surface area contributed by atoms with E-state index in [1.807, 2.05) is 0 Å². The molecule has 202 valence electrons. The predicted octanol–water partition coefficient (Wildman–Crippen LogP) is 5.17. The van der Waals surface area contributed by atoms with E-state index >= 15 is 0 Å². The molecule has 4 aromatic rings. The van der Waals surface area contributed by atoms with Crippen molar-refractivity contribution < 1.29 is 22.8 Å². The second-order valence-corrected chi connectivity index (χ2v) is 9.65. The van der Waals surface area contributed by atoms with Crippen LogP contribution < -0.4 is 10.6 Å². The number of rotatable bonds is 7. The third kappa shape index (κ3) is 6.34. The van der Waals surface area contributed by atoms with E-state index in [9.17, 15) is 22.8 Å². The summed E-state index contributed by atoms with van der Waals surface area (Å²) >= 11 is 9.59. The van der Waals surface area contributed by atoms with Gasteiger partial charge in [0.2, 0.25) is 0 Å². The van der Waals surface area contributed by atoms with Crippen molar-refractivity contribution in [2.24, 2.45) is 0 Å². The highest BCUT2D eigenvalue weighted by Crippen LogP contribution is 2.28. The molecule has 10 nitrogen and oxygen atoms in total. The molecule has 2 N–H and O–H groups in total. The number of carbonyl (C=O) groups is 2. The summed E-state index contributed by atoms with van der Waals surface area (Å²) in [6.07, 6.45) is -4.76. The number of nitrogens with one attached hydrogen (secondary N) is 2. The molecule has 2 amide bonds. The van der Waals surface area contributed by atoms with Crippen molar-refractivity contribution in [3.8, 4) is 5.69 Å². The van der Waals surface area contributed by atoms with Crippen molar-refractivity contribution in [3.05, 3.63) is 92.6 Å². The number of alkyl halides is 3. The van der Waals surface area contributed by atoms with E-state index in [-0.39, 0.29) is 34.2 Å². The second kappa shape index (κ2) is 11.0. The van der Waals surface area contributed by atoms with E-state index < -0.39 is 23.8 Å². The van der Waals surface area contributed by atoms with Gasteiger partial charge in [0.25, 0.3) is 17.6 Å². The van der Waals surface area contributed by atoms with Crippen molar-refractivity contribution in [2.75, 3.05) is 5.32 Å². The maximum atomic E-state index is 13.6. The molecule has 4 rings (SSSR count). The summed E-state index contributed by atoms with van der Waals surface area (Å²) < 4.78 is 40.6. The van der Waals surface area contributed by atoms with Crippen LogP contribution in [0.5, 0.6) is 0 Å². The Morgan fingerprint density at radius 2 is 1.85 bits per heavy atom. The van der Waals surface area contributed by atoms with Crippen molar-refractivity contribution in [3.63, 3.8) is 0 Å². The van der Waals surface area contributed by atoms with E-state index in [0.717, 1.165) is 4.80 Å². The Balaban J connectivity index is 1.75. The van der Waals surface area contributed by atoms with Crippen molar-refractivity contribution in [2.45, 2.75) is 26.6 Å². The molecule has 0 aliphatic carbocycles. The van der Waals surface area contributed by atoms with E-state index in [1.165, 1.54) is 16.8 Å². The topological polar surface area (TPSA) is 120 Å². The summed E-state index contributed by atoms with van der Waals surface area (Å²) in [4.78, 5) is 27.1. The van der Waals surface area contributed by atoms with Crippen LogP contribution in [0.1, 0.15) is 44.9 Å². The fourth-order valence-corrected chi connectivity index (χ4v) is 4.30. The summed E-state index contributed by atoms with van der Waals surface area (Å²) in [7, 11) is 0. The van der Waals surface area contributed by atoms with Crippen molar-refractivity contribution in [1.82, 2.24) is 35.3 Å². The monoisotopic (exact) mass is 622 g/mol. The quantitative estimate of drug-likeness (QED) is 0.293. The van der Waals surface area contributed by atoms with Gasteiger partial charge in [-0.1, -0.05) is 30.3 Å². The largest absolute Gasteiger partial charge is 0.455 e. The molecule has 15 heteroatoms. The molecule has 0 saturated carbocycles. The standard InChI is InChI=1S/C24H19BrClF3N8O2/c1-12(2)30-21(38)16-9-14(26)8-13(3)20(16)31-22(39)19-10-15(11-36-34-23(32-35-36)24(27,28)29)33-37(19)18-7-5-4-6-17(18)25/h4-10H,1,11H2,2-3H3,(H,30,38)(H,31,39). The summed E-state index contributed by atoms with van der Waals surface area (Å²) in [5.41, 5.74) is 1.89. The van der Waals surface area contributed by atoms with Crippen LogP contribution in [0.15, 0.2) is 59.2 Å². The van der Waals surface area contributed by atoms with Crippen molar-refractivity contribution >= 4 is 45.0 Å². The van der Waals surface area contributed by atoms with Gasteiger partial charge in [-0.2, -0.15) is 23.1 Å². The molecule has 0 spiro atoms. The van der Waals surface area contributed by atoms with Crippen LogP contribution in [-0.4, -0.2) is 41.8 Å². The normalized spacial score (nSPS) is 11.4. The maximum absolute atomic E-state index is 13.6. The SMILES string of the molecule is C=C(C)NC(=O)c1cc(Cl)cc(C)c1NC(=O)c1cc(Cn2nnc(C(F)(F)F)n2)nn1-c1ccccc1Br. The van der Waals surface area contributed by atoms with Gasteiger partial charge in [-0.25, -0.2) is 4.68 Å². The van der Waals surface area contributed by atoms with Gasteiger partial charge in [-0.15, -0.1) is 10.2 Å².